The van der Waals surface area contributed by atoms with Crippen molar-refractivity contribution in [2.75, 3.05) is 13.1 Å². The Morgan fingerprint density at radius 2 is 1.93 bits per heavy atom. The first-order valence-electron chi connectivity index (χ1n) is 9.89. The number of benzene rings is 1. The minimum absolute atomic E-state index is 0.0248. The minimum atomic E-state index is -0.433. The van der Waals surface area contributed by atoms with Crippen LogP contribution in [0.4, 0.5) is 0 Å². The van der Waals surface area contributed by atoms with Gasteiger partial charge in [0.25, 0.3) is 0 Å². The summed E-state index contributed by atoms with van der Waals surface area (Å²) in [4.78, 5) is 32.1. The maximum absolute atomic E-state index is 13.1. The van der Waals surface area contributed by atoms with Crippen molar-refractivity contribution >= 4 is 11.8 Å². The standard InChI is InChI=1S/C22H30N4O2/c1-22(2,3)21(28)26-13-8-11-17(15-26)20(27)24-18(16-9-6-5-7-10-16)19-23-12-14-25(19)4/h5-7,9-10,12,14,17-18H,8,11,13,15H2,1-4H3,(H,24,27). The fraction of sp³-hybridized carbons (Fsp3) is 0.500. The van der Waals surface area contributed by atoms with E-state index < -0.39 is 5.41 Å². The van der Waals surface area contributed by atoms with E-state index in [0.717, 1.165) is 30.8 Å². The van der Waals surface area contributed by atoms with Gasteiger partial charge in [0.15, 0.2) is 0 Å². The van der Waals surface area contributed by atoms with E-state index >= 15 is 0 Å². The van der Waals surface area contributed by atoms with Gasteiger partial charge >= 0.3 is 0 Å². The van der Waals surface area contributed by atoms with Crippen LogP contribution in [0.2, 0.25) is 0 Å². The van der Waals surface area contributed by atoms with Crippen molar-refractivity contribution in [2.45, 2.75) is 39.7 Å². The fourth-order valence-corrected chi connectivity index (χ4v) is 3.71. The summed E-state index contributed by atoms with van der Waals surface area (Å²) in [6.07, 6.45) is 5.25. The number of hydrogen-bond acceptors (Lipinski definition) is 3. The third kappa shape index (κ3) is 4.43. The van der Waals surface area contributed by atoms with Gasteiger partial charge in [0, 0.05) is 37.9 Å². The van der Waals surface area contributed by atoms with Gasteiger partial charge in [-0.25, -0.2) is 4.98 Å². The molecule has 0 saturated carbocycles. The summed E-state index contributed by atoms with van der Waals surface area (Å²) in [6, 6.07) is 9.55. The number of rotatable bonds is 4. The molecule has 6 nitrogen and oxygen atoms in total. The second-order valence-corrected chi connectivity index (χ2v) is 8.59. The Balaban J connectivity index is 1.77. The van der Waals surface area contributed by atoms with E-state index in [9.17, 15) is 9.59 Å². The van der Waals surface area contributed by atoms with Crippen LogP contribution in [-0.2, 0) is 16.6 Å². The lowest BCUT2D eigenvalue weighted by Gasteiger charge is -2.36. The Morgan fingerprint density at radius 1 is 1.21 bits per heavy atom. The van der Waals surface area contributed by atoms with Crippen molar-refractivity contribution in [1.29, 1.82) is 0 Å². The number of piperidine rings is 1. The summed E-state index contributed by atoms with van der Waals surface area (Å²) in [5.41, 5.74) is 0.557. The Hall–Kier alpha value is -2.63. The maximum Gasteiger partial charge on any atom is 0.227 e. The molecule has 2 amide bonds. The molecule has 2 unspecified atom stereocenters. The number of amides is 2. The van der Waals surface area contributed by atoms with Gasteiger partial charge < -0.3 is 14.8 Å². The lowest BCUT2D eigenvalue weighted by molar-refractivity contribution is -0.142. The first kappa shape index (κ1) is 20.1. The molecular formula is C22H30N4O2. The van der Waals surface area contributed by atoms with Crippen LogP contribution in [0.25, 0.3) is 0 Å². The highest BCUT2D eigenvalue weighted by atomic mass is 16.2. The molecule has 0 radical (unpaired) electrons. The number of imidazole rings is 1. The molecule has 1 saturated heterocycles. The second-order valence-electron chi connectivity index (χ2n) is 8.59. The molecule has 1 fully saturated rings. The Morgan fingerprint density at radius 3 is 2.54 bits per heavy atom. The van der Waals surface area contributed by atoms with Gasteiger partial charge in [-0.15, -0.1) is 0 Å². The van der Waals surface area contributed by atoms with E-state index in [2.05, 4.69) is 10.3 Å². The molecule has 1 aromatic carbocycles. The summed E-state index contributed by atoms with van der Waals surface area (Å²) in [5, 5.41) is 3.18. The molecule has 2 aromatic rings. The quantitative estimate of drug-likeness (QED) is 0.884. The van der Waals surface area contributed by atoms with Crippen molar-refractivity contribution in [2.24, 2.45) is 18.4 Å². The number of carbonyl (C=O) groups excluding carboxylic acids is 2. The van der Waals surface area contributed by atoms with Gasteiger partial charge in [0.1, 0.15) is 11.9 Å². The van der Waals surface area contributed by atoms with Crippen molar-refractivity contribution in [3.63, 3.8) is 0 Å². The van der Waals surface area contributed by atoms with Gasteiger partial charge in [-0.3, -0.25) is 9.59 Å². The van der Waals surface area contributed by atoms with E-state index in [1.807, 2.05) is 73.8 Å². The number of carbonyl (C=O) groups is 2. The third-order valence-corrected chi connectivity index (χ3v) is 5.26. The fourth-order valence-electron chi connectivity index (χ4n) is 3.71. The monoisotopic (exact) mass is 382 g/mol. The molecular weight excluding hydrogens is 352 g/mol. The van der Waals surface area contributed by atoms with E-state index in [4.69, 9.17) is 0 Å². The van der Waals surface area contributed by atoms with Gasteiger partial charge in [-0.1, -0.05) is 51.1 Å². The van der Waals surface area contributed by atoms with Crippen LogP contribution in [0.5, 0.6) is 0 Å². The molecule has 2 atom stereocenters. The van der Waals surface area contributed by atoms with Crippen molar-refractivity contribution in [3.05, 3.63) is 54.1 Å². The molecule has 150 valence electrons. The van der Waals surface area contributed by atoms with E-state index in [1.165, 1.54) is 0 Å². The maximum atomic E-state index is 13.1. The SMILES string of the molecule is Cn1ccnc1C(NC(=O)C1CCCN(C(=O)C(C)(C)C)C1)c1ccccc1. The molecule has 1 aliphatic rings. The highest BCUT2D eigenvalue weighted by Crippen LogP contribution is 2.26. The van der Waals surface area contributed by atoms with E-state index in [1.54, 1.807) is 6.20 Å². The number of hydrogen-bond donors (Lipinski definition) is 1. The van der Waals surface area contributed by atoms with Gasteiger partial charge in [0.05, 0.1) is 5.92 Å². The number of nitrogens with zero attached hydrogens (tertiary/aromatic N) is 3. The number of likely N-dealkylation sites (tertiary alicyclic amines) is 1. The Bertz CT molecular complexity index is 823. The van der Waals surface area contributed by atoms with Crippen LogP contribution in [0, 0.1) is 11.3 Å². The molecule has 28 heavy (non-hydrogen) atoms. The lowest BCUT2D eigenvalue weighted by atomic mass is 9.90. The first-order valence-corrected chi connectivity index (χ1v) is 9.89. The van der Waals surface area contributed by atoms with E-state index in [-0.39, 0.29) is 23.8 Å². The smallest absolute Gasteiger partial charge is 0.227 e. The summed E-state index contributed by atoms with van der Waals surface area (Å²) >= 11 is 0. The zero-order valence-electron chi connectivity index (χ0n) is 17.2. The Labute approximate surface area is 166 Å². The molecule has 1 N–H and O–H groups in total. The third-order valence-electron chi connectivity index (χ3n) is 5.26. The van der Waals surface area contributed by atoms with Crippen LogP contribution in [-0.4, -0.2) is 39.4 Å². The van der Waals surface area contributed by atoms with Crippen LogP contribution in [0.1, 0.15) is 51.0 Å². The summed E-state index contributed by atoms with van der Waals surface area (Å²) < 4.78 is 1.92. The summed E-state index contributed by atoms with van der Waals surface area (Å²) in [6.45, 7) is 6.97. The average molecular weight is 383 g/mol. The first-order chi connectivity index (χ1) is 13.3. The van der Waals surface area contributed by atoms with Gasteiger partial charge in [-0.05, 0) is 18.4 Å². The molecule has 0 aliphatic carbocycles. The lowest BCUT2D eigenvalue weighted by Crippen LogP contribution is -2.49. The summed E-state index contributed by atoms with van der Waals surface area (Å²) in [7, 11) is 1.93. The molecule has 6 heteroatoms. The Kier molecular flexibility index (Phi) is 5.87. The zero-order valence-corrected chi connectivity index (χ0v) is 17.2. The van der Waals surface area contributed by atoms with Gasteiger partial charge in [0.2, 0.25) is 11.8 Å². The van der Waals surface area contributed by atoms with Crippen molar-refractivity contribution in [1.82, 2.24) is 19.8 Å². The predicted octanol–water partition coefficient (Wildman–Crippen LogP) is 2.91. The largest absolute Gasteiger partial charge is 0.342 e. The topological polar surface area (TPSA) is 67.2 Å². The number of aromatic nitrogens is 2. The molecule has 0 spiro atoms. The normalized spacial score (nSPS) is 18.6. The van der Waals surface area contributed by atoms with Crippen molar-refractivity contribution < 1.29 is 9.59 Å². The van der Waals surface area contributed by atoms with Crippen LogP contribution in [0.15, 0.2) is 42.7 Å². The van der Waals surface area contributed by atoms with Gasteiger partial charge in [-0.2, -0.15) is 0 Å². The molecule has 3 rings (SSSR count). The average Bonchev–Trinajstić information content (AvgIpc) is 3.11. The predicted molar refractivity (Wildman–Crippen MR) is 108 cm³/mol. The van der Waals surface area contributed by atoms with Crippen LogP contribution < -0.4 is 5.32 Å². The van der Waals surface area contributed by atoms with Crippen LogP contribution in [0.3, 0.4) is 0 Å². The molecule has 2 heterocycles. The second kappa shape index (κ2) is 8.17. The summed E-state index contributed by atoms with van der Waals surface area (Å²) in [5.74, 6) is 0.668. The molecule has 1 aliphatic heterocycles. The molecule has 1 aromatic heterocycles. The van der Waals surface area contributed by atoms with E-state index in [0.29, 0.717) is 6.54 Å². The highest BCUT2D eigenvalue weighted by molar-refractivity contribution is 5.84. The highest BCUT2D eigenvalue weighted by Gasteiger charge is 2.34. The van der Waals surface area contributed by atoms with Crippen LogP contribution >= 0.6 is 0 Å². The number of aryl methyl sites for hydroxylation is 1. The van der Waals surface area contributed by atoms with Crippen molar-refractivity contribution in [3.8, 4) is 0 Å². The zero-order chi connectivity index (χ0) is 20.3. The minimum Gasteiger partial charge on any atom is -0.342 e. The number of nitrogens with one attached hydrogen (secondary N) is 1. The molecule has 0 bridgehead atoms.